The number of carbonyl (C=O) groups is 1. The maximum Gasteiger partial charge on any atom is 0.256 e. The Labute approximate surface area is 102 Å². The van der Waals surface area contributed by atoms with Gasteiger partial charge < -0.3 is 14.6 Å². The van der Waals surface area contributed by atoms with Gasteiger partial charge in [0, 0.05) is 13.2 Å². The van der Waals surface area contributed by atoms with Gasteiger partial charge in [-0.15, -0.1) is 0 Å². The molecular weight excluding hydrogens is 220 g/mol. The molecule has 0 aliphatic heterocycles. The Balaban J connectivity index is 2.31. The molecule has 0 aliphatic rings. The summed E-state index contributed by atoms with van der Waals surface area (Å²) in [5.41, 5.74) is 1.16. The first-order valence-electron chi connectivity index (χ1n) is 5.85. The van der Waals surface area contributed by atoms with Gasteiger partial charge in [0.25, 0.3) is 5.91 Å². The molecule has 17 heavy (non-hydrogen) atoms. The normalized spacial score (nSPS) is 10.9. The van der Waals surface area contributed by atoms with Crippen molar-refractivity contribution in [3.8, 4) is 0 Å². The van der Waals surface area contributed by atoms with E-state index in [0.717, 1.165) is 6.42 Å². The molecule has 0 aliphatic carbocycles. The van der Waals surface area contributed by atoms with E-state index in [2.05, 4.69) is 10.5 Å². The van der Waals surface area contributed by atoms with Crippen LogP contribution in [0.3, 0.4) is 0 Å². The minimum Gasteiger partial charge on any atom is -0.379 e. The molecule has 0 saturated heterocycles. The summed E-state index contributed by atoms with van der Waals surface area (Å²) in [5, 5.41) is 6.57. The van der Waals surface area contributed by atoms with Crippen LogP contribution >= 0.6 is 0 Å². The van der Waals surface area contributed by atoms with Gasteiger partial charge in [0.1, 0.15) is 11.3 Å². The molecule has 96 valence electrons. The second-order valence-corrected chi connectivity index (χ2v) is 4.23. The molecular formula is C12H20N2O3. The summed E-state index contributed by atoms with van der Waals surface area (Å²) in [7, 11) is 0. The number of nitrogens with one attached hydrogen (secondary N) is 1. The third kappa shape index (κ3) is 4.19. The third-order valence-electron chi connectivity index (χ3n) is 2.32. The highest BCUT2D eigenvalue weighted by molar-refractivity contribution is 5.96. The lowest BCUT2D eigenvalue weighted by molar-refractivity contribution is 0.0757. The summed E-state index contributed by atoms with van der Waals surface area (Å²) < 4.78 is 10.3. The van der Waals surface area contributed by atoms with Crippen molar-refractivity contribution in [3.05, 3.63) is 17.0 Å². The van der Waals surface area contributed by atoms with Gasteiger partial charge in [-0.3, -0.25) is 4.79 Å². The van der Waals surface area contributed by atoms with Crippen LogP contribution in [0, 0.1) is 13.8 Å². The van der Waals surface area contributed by atoms with Gasteiger partial charge in [-0.25, -0.2) is 0 Å². The molecule has 0 aromatic carbocycles. The van der Waals surface area contributed by atoms with Gasteiger partial charge in [-0.2, -0.15) is 0 Å². The van der Waals surface area contributed by atoms with Crippen molar-refractivity contribution in [2.75, 3.05) is 13.2 Å². The number of hydrogen-bond acceptors (Lipinski definition) is 4. The summed E-state index contributed by atoms with van der Waals surface area (Å²) in [5.74, 6) is 0.421. The molecule has 0 unspecified atom stereocenters. The van der Waals surface area contributed by atoms with Crippen molar-refractivity contribution in [1.29, 1.82) is 0 Å². The highest BCUT2D eigenvalue weighted by Crippen LogP contribution is 2.11. The smallest absolute Gasteiger partial charge is 0.256 e. The monoisotopic (exact) mass is 240 g/mol. The zero-order valence-corrected chi connectivity index (χ0v) is 10.9. The summed E-state index contributed by atoms with van der Waals surface area (Å²) >= 11 is 0. The lowest BCUT2D eigenvalue weighted by Gasteiger charge is -2.08. The van der Waals surface area contributed by atoms with Gasteiger partial charge in [-0.1, -0.05) is 5.16 Å². The molecule has 1 heterocycles. The number of amides is 1. The molecule has 0 spiro atoms. The van der Waals surface area contributed by atoms with Crippen molar-refractivity contribution in [1.82, 2.24) is 10.5 Å². The van der Waals surface area contributed by atoms with Crippen LogP contribution in [0.25, 0.3) is 0 Å². The van der Waals surface area contributed by atoms with Gasteiger partial charge in [0.2, 0.25) is 0 Å². The molecule has 1 rings (SSSR count). The van der Waals surface area contributed by atoms with E-state index in [1.165, 1.54) is 0 Å². The molecule has 0 atom stereocenters. The highest BCUT2D eigenvalue weighted by atomic mass is 16.5. The fourth-order valence-corrected chi connectivity index (χ4v) is 1.49. The molecule has 5 heteroatoms. The van der Waals surface area contributed by atoms with E-state index in [4.69, 9.17) is 9.26 Å². The first kappa shape index (κ1) is 13.7. The number of ether oxygens (including phenoxy) is 1. The number of nitrogens with zero attached hydrogens (tertiary/aromatic N) is 1. The molecule has 1 aromatic heterocycles. The van der Waals surface area contributed by atoms with Crippen LogP contribution < -0.4 is 5.32 Å². The minimum absolute atomic E-state index is 0.134. The predicted octanol–water partition coefficient (Wildman–Crippen LogP) is 1.84. The van der Waals surface area contributed by atoms with Gasteiger partial charge in [0.15, 0.2) is 0 Å². The van der Waals surface area contributed by atoms with Crippen molar-refractivity contribution in [2.45, 2.75) is 40.2 Å². The quantitative estimate of drug-likeness (QED) is 0.770. The Morgan fingerprint density at radius 3 is 2.71 bits per heavy atom. The summed E-state index contributed by atoms with van der Waals surface area (Å²) in [6.07, 6.45) is 1.03. The van der Waals surface area contributed by atoms with E-state index in [1.54, 1.807) is 13.8 Å². The number of hydrogen-bond donors (Lipinski definition) is 1. The van der Waals surface area contributed by atoms with Crippen molar-refractivity contribution >= 4 is 5.91 Å². The van der Waals surface area contributed by atoms with Gasteiger partial charge >= 0.3 is 0 Å². The van der Waals surface area contributed by atoms with Crippen LogP contribution in [-0.2, 0) is 4.74 Å². The average molecular weight is 240 g/mol. The van der Waals surface area contributed by atoms with Gasteiger partial charge in [0.05, 0.1) is 11.8 Å². The summed E-state index contributed by atoms with van der Waals surface area (Å²) in [6, 6.07) is 0. The molecule has 1 amide bonds. The van der Waals surface area contributed by atoms with Crippen LogP contribution in [0.5, 0.6) is 0 Å². The molecule has 0 fully saturated rings. The SMILES string of the molecule is Cc1noc(C)c1C(=O)NCCCOC(C)C. The Bertz CT molecular complexity index is 352. The lowest BCUT2D eigenvalue weighted by atomic mass is 10.2. The maximum absolute atomic E-state index is 11.8. The third-order valence-corrected chi connectivity index (χ3v) is 2.32. The molecule has 0 radical (unpaired) electrons. The second kappa shape index (κ2) is 6.39. The fourth-order valence-electron chi connectivity index (χ4n) is 1.49. The highest BCUT2D eigenvalue weighted by Gasteiger charge is 2.16. The minimum atomic E-state index is -0.134. The largest absolute Gasteiger partial charge is 0.379 e. The van der Waals surface area contributed by atoms with Crippen LogP contribution in [0.2, 0.25) is 0 Å². The van der Waals surface area contributed by atoms with Crippen molar-refractivity contribution < 1.29 is 14.1 Å². The molecule has 0 saturated carbocycles. The summed E-state index contributed by atoms with van der Waals surface area (Å²) in [4.78, 5) is 11.8. The van der Waals surface area contributed by atoms with Crippen LogP contribution in [0.4, 0.5) is 0 Å². The molecule has 1 N–H and O–H groups in total. The van der Waals surface area contributed by atoms with Crippen LogP contribution in [-0.4, -0.2) is 30.3 Å². The van der Waals surface area contributed by atoms with E-state index in [1.807, 2.05) is 13.8 Å². The average Bonchev–Trinajstić information content (AvgIpc) is 2.57. The van der Waals surface area contributed by atoms with Crippen LogP contribution in [0.1, 0.15) is 42.1 Å². The Hall–Kier alpha value is -1.36. The van der Waals surface area contributed by atoms with Crippen molar-refractivity contribution in [3.63, 3.8) is 0 Å². The van der Waals surface area contributed by atoms with E-state index in [9.17, 15) is 4.79 Å². The number of aryl methyl sites for hydroxylation is 2. The van der Waals surface area contributed by atoms with E-state index < -0.39 is 0 Å². The van der Waals surface area contributed by atoms with Crippen molar-refractivity contribution in [2.24, 2.45) is 0 Å². The van der Waals surface area contributed by atoms with E-state index in [0.29, 0.717) is 30.2 Å². The Kier molecular flexibility index (Phi) is 5.15. The van der Waals surface area contributed by atoms with Crippen LogP contribution in [0.15, 0.2) is 4.52 Å². The molecule has 0 bridgehead atoms. The van der Waals surface area contributed by atoms with Gasteiger partial charge in [-0.05, 0) is 34.1 Å². The number of aromatic nitrogens is 1. The predicted molar refractivity (Wildman–Crippen MR) is 64.0 cm³/mol. The van der Waals surface area contributed by atoms with E-state index >= 15 is 0 Å². The first-order valence-corrected chi connectivity index (χ1v) is 5.85. The maximum atomic E-state index is 11.8. The molecule has 1 aromatic rings. The zero-order valence-electron chi connectivity index (χ0n) is 10.9. The number of rotatable bonds is 6. The first-order chi connectivity index (χ1) is 8.02. The second-order valence-electron chi connectivity index (χ2n) is 4.23. The lowest BCUT2D eigenvalue weighted by Crippen LogP contribution is -2.26. The zero-order chi connectivity index (χ0) is 12.8. The fraction of sp³-hybridized carbons (Fsp3) is 0.667. The van der Waals surface area contributed by atoms with E-state index in [-0.39, 0.29) is 12.0 Å². The number of carbonyl (C=O) groups excluding carboxylic acids is 1. The Morgan fingerprint density at radius 1 is 1.47 bits per heavy atom. The molecule has 5 nitrogen and oxygen atoms in total. The standard InChI is InChI=1S/C12H20N2O3/c1-8(2)16-7-5-6-13-12(15)11-9(3)14-17-10(11)4/h8H,5-7H2,1-4H3,(H,13,15). The Morgan fingerprint density at radius 2 is 2.18 bits per heavy atom. The summed E-state index contributed by atoms with van der Waals surface area (Å²) in [6.45, 7) is 8.71. The topological polar surface area (TPSA) is 64.4 Å².